The number of aldehydes is 1. The van der Waals surface area contributed by atoms with Crippen molar-refractivity contribution >= 4 is 41.5 Å². The second-order valence-corrected chi connectivity index (χ2v) is 9.73. The lowest BCUT2D eigenvalue weighted by molar-refractivity contribution is -0.125. The molecule has 0 bridgehead atoms. The summed E-state index contributed by atoms with van der Waals surface area (Å²) < 4.78 is 5.29. The van der Waals surface area contributed by atoms with Gasteiger partial charge in [0.2, 0.25) is 11.8 Å². The second-order valence-electron chi connectivity index (χ2n) is 9.29. The van der Waals surface area contributed by atoms with Crippen molar-refractivity contribution < 1.29 is 23.9 Å². The molecule has 0 saturated heterocycles. The number of halogens is 1. The van der Waals surface area contributed by atoms with Gasteiger partial charge in [0.15, 0.2) is 0 Å². The third kappa shape index (κ3) is 9.34. The zero-order valence-corrected chi connectivity index (χ0v) is 22.3. The number of hydrogen-bond acceptors (Lipinski definition) is 5. The first-order valence-electron chi connectivity index (χ1n) is 12.8. The Kier molecular flexibility index (Phi) is 11.4. The maximum atomic E-state index is 13.1. The Hall–Kier alpha value is -3.65. The lowest BCUT2D eigenvalue weighted by atomic mass is 9.93. The molecule has 2 atom stereocenters. The SMILES string of the molecule is CN(C(=O)CC[C@@H](C=O)NC(=O)[C@H](C=C1CCCCC1)NC(=O)OCc1cccc(Cl)c1)c1ccccc1. The molecule has 0 aromatic heterocycles. The molecular weight excluding hydrogens is 506 g/mol. The van der Waals surface area contributed by atoms with Crippen LogP contribution in [0.15, 0.2) is 66.2 Å². The van der Waals surface area contributed by atoms with E-state index in [1.807, 2.05) is 30.3 Å². The van der Waals surface area contributed by atoms with Crippen LogP contribution >= 0.6 is 11.6 Å². The molecule has 38 heavy (non-hydrogen) atoms. The summed E-state index contributed by atoms with van der Waals surface area (Å²) in [5.41, 5.74) is 2.53. The van der Waals surface area contributed by atoms with E-state index in [0.29, 0.717) is 16.9 Å². The van der Waals surface area contributed by atoms with Crippen LogP contribution in [0.3, 0.4) is 0 Å². The molecule has 8 nitrogen and oxygen atoms in total. The number of nitrogens with one attached hydrogen (secondary N) is 2. The molecule has 1 aliphatic carbocycles. The molecule has 1 aliphatic rings. The molecule has 9 heteroatoms. The van der Waals surface area contributed by atoms with E-state index in [4.69, 9.17) is 16.3 Å². The van der Waals surface area contributed by atoms with Gasteiger partial charge in [-0.25, -0.2) is 4.79 Å². The first kappa shape index (κ1) is 28.9. The van der Waals surface area contributed by atoms with Crippen molar-refractivity contribution in [2.75, 3.05) is 11.9 Å². The highest BCUT2D eigenvalue weighted by Crippen LogP contribution is 2.23. The van der Waals surface area contributed by atoms with Gasteiger partial charge in [0.05, 0.1) is 6.04 Å². The fraction of sp³-hybridized carbons (Fsp3) is 0.379. The number of allylic oxidation sites excluding steroid dienone is 1. The molecule has 0 heterocycles. The smallest absolute Gasteiger partial charge is 0.408 e. The summed E-state index contributed by atoms with van der Waals surface area (Å²) in [5.74, 6) is -0.718. The largest absolute Gasteiger partial charge is 0.445 e. The van der Waals surface area contributed by atoms with Gasteiger partial charge in [0.1, 0.15) is 18.9 Å². The molecule has 0 aliphatic heterocycles. The number of para-hydroxylation sites is 1. The van der Waals surface area contributed by atoms with Gasteiger partial charge in [-0.2, -0.15) is 0 Å². The highest BCUT2D eigenvalue weighted by atomic mass is 35.5. The van der Waals surface area contributed by atoms with Crippen molar-refractivity contribution in [3.05, 3.63) is 76.8 Å². The van der Waals surface area contributed by atoms with E-state index in [-0.39, 0.29) is 25.4 Å². The van der Waals surface area contributed by atoms with Crippen LogP contribution in [0.25, 0.3) is 0 Å². The third-order valence-electron chi connectivity index (χ3n) is 6.39. The summed E-state index contributed by atoms with van der Waals surface area (Å²) in [6.45, 7) is -0.00862. The minimum atomic E-state index is -1.01. The predicted molar refractivity (Wildman–Crippen MR) is 147 cm³/mol. The molecule has 2 aromatic carbocycles. The van der Waals surface area contributed by atoms with Gasteiger partial charge >= 0.3 is 6.09 Å². The number of nitrogens with zero attached hydrogens (tertiary/aromatic N) is 1. The normalized spacial score (nSPS) is 14.5. The lowest BCUT2D eigenvalue weighted by Gasteiger charge is -2.22. The zero-order chi connectivity index (χ0) is 27.3. The number of amides is 3. The minimum absolute atomic E-state index is 0.00862. The zero-order valence-electron chi connectivity index (χ0n) is 21.5. The van der Waals surface area contributed by atoms with Crippen molar-refractivity contribution in [1.29, 1.82) is 0 Å². The van der Waals surface area contributed by atoms with Crippen LogP contribution in [0.5, 0.6) is 0 Å². The summed E-state index contributed by atoms with van der Waals surface area (Å²) in [4.78, 5) is 51.5. The Morgan fingerprint density at radius 3 is 2.45 bits per heavy atom. The van der Waals surface area contributed by atoms with E-state index >= 15 is 0 Å². The van der Waals surface area contributed by atoms with E-state index < -0.39 is 24.1 Å². The Morgan fingerprint density at radius 1 is 1.03 bits per heavy atom. The molecule has 3 rings (SSSR count). The molecule has 2 N–H and O–H groups in total. The first-order chi connectivity index (χ1) is 18.4. The van der Waals surface area contributed by atoms with Crippen LogP contribution in [-0.2, 0) is 25.7 Å². The molecular formula is C29H34ClN3O5. The topological polar surface area (TPSA) is 105 Å². The Balaban J connectivity index is 1.60. The van der Waals surface area contributed by atoms with Crippen molar-refractivity contribution in [2.24, 2.45) is 0 Å². The number of hydrogen-bond donors (Lipinski definition) is 2. The van der Waals surface area contributed by atoms with Crippen molar-refractivity contribution in [2.45, 2.75) is 63.6 Å². The highest BCUT2D eigenvalue weighted by Gasteiger charge is 2.24. The van der Waals surface area contributed by atoms with Crippen LogP contribution in [0.2, 0.25) is 5.02 Å². The van der Waals surface area contributed by atoms with Gasteiger partial charge in [-0.1, -0.05) is 60.0 Å². The molecule has 2 aromatic rings. The van der Waals surface area contributed by atoms with Crippen LogP contribution in [-0.4, -0.2) is 43.3 Å². The molecule has 0 radical (unpaired) electrons. The van der Waals surface area contributed by atoms with E-state index in [0.717, 1.165) is 43.4 Å². The van der Waals surface area contributed by atoms with Gasteiger partial charge < -0.3 is 25.1 Å². The number of carbonyl (C=O) groups excluding carboxylic acids is 4. The highest BCUT2D eigenvalue weighted by molar-refractivity contribution is 6.30. The quantitative estimate of drug-likeness (QED) is 0.310. The first-order valence-corrected chi connectivity index (χ1v) is 13.2. The number of rotatable bonds is 11. The van der Waals surface area contributed by atoms with Gasteiger partial charge in [0, 0.05) is 24.2 Å². The number of anilines is 1. The Labute approximate surface area is 228 Å². The van der Waals surface area contributed by atoms with E-state index in [9.17, 15) is 19.2 Å². The fourth-order valence-electron chi connectivity index (χ4n) is 4.22. The number of ether oxygens (including phenoxy) is 1. The van der Waals surface area contributed by atoms with Crippen molar-refractivity contribution in [3.8, 4) is 0 Å². The summed E-state index contributed by atoms with van der Waals surface area (Å²) >= 11 is 5.98. The van der Waals surface area contributed by atoms with Crippen molar-refractivity contribution in [3.63, 3.8) is 0 Å². The van der Waals surface area contributed by atoms with E-state index in [1.54, 1.807) is 37.4 Å². The maximum Gasteiger partial charge on any atom is 0.408 e. The van der Waals surface area contributed by atoms with Crippen LogP contribution in [0.4, 0.5) is 10.5 Å². The Morgan fingerprint density at radius 2 is 1.76 bits per heavy atom. The molecule has 0 unspecified atom stereocenters. The van der Waals surface area contributed by atoms with Crippen LogP contribution < -0.4 is 15.5 Å². The predicted octanol–water partition coefficient (Wildman–Crippen LogP) is 4.95. The van der Waals surface area contributed by atoms with Gasteiger partial charge in [-0.3, -0.25) is 9.59 Å². The van der Waals surface area contributed by atoms with E-state index in [1.165, 1.54) is 4.90 Å². The molecule has 202 valence electrons. The summed E-state index contributed by atoms with van der Waals surface area (Å²) in [7, 11) is 1.66. The summed E-state index contributed by atoms with van der Waals surface area (Å²) in [6.07, 6.45) is 6.65. The van der Waals surface area contributed by atoms with Crippen LogP contribution in [0.1, 0.15) is 50.5 Å². The van der Waals surface area contributed by atoms with Gasteiger partial charge in [-0.05, 0) is 61.9 Å². The minimum Gasteiger partial charge on any atom is -0.445 e. The Bertz CT molecular complexity index is 1130. The monoisotopic (exact) mass is 539 g/mol. The fourth-order valence-corrected chi connectivity index (χ4v) is 4.44. The summed E-state index contributed by atoms with van der Waals surface area (Å²) in [5, 5.41) is 5.80. The molecule has 0 spiro atoms. The number of carbonyl (C=O) groups is 4. The van der Waals surface area contributed by atoms with Crippen LogP contribution in [0, 0.1) is 0 Å². The second kappa shape index (κ2) is 14.9. The molecule has 1 saturated carbocycles. The van der Waals surface area contributed by atoms with Gasteiger partial charge in [-0.15, -0.1) is 0 Å². The van der Waals surface area contributed by atoms with E-state index in [2.05, 4.69) is 10.6 Å². The lowest BCUT2D eigenvalue weighted by Crippen LogP contribution is -2.49. The average molecular weight is 540 g/mol. The maximum absolute atomic E-state index is 13.1. The van der Waals surface area contributed by atoms with Gasteiger partial charge in [0.25, 0.3) is 0 Å². The number of benzene rings is 2. The number of alkyl carbamates (subject to hydrolysis) is 1. The average Bonchev–Trinajstić information content (AvgIpc) is 2.94. The standard InChI is InChI=1S/C29H34ClN3O5/c1-33(25-13-6-3-7-14-25)27(35)16-15-24(19-34)31-28(36)26(18-21-9-4-2-5-10-21)32-29(37)38-20-22-11-8-12-23(30)17-22/h3,6-8,11-14,17-19,24,26H,2,4-5,9-10,15-16,20H2,1H3,(H,31,36)(H,32,37)/t24-,26-/m0/s1. The summed E-state index contributed by atoms with van der Waals surface area (Å²) in [6, 6.07) is 14.2. The molecule has 3 amide bonds. The molecule has 1 fully saturated rings. The third-order valence-corrected chi connectivity index (χ3v) is 6.63. The van der Waals surface area contributed by atoms with Crippen molar-refractivity contribution in [1.82, 2.24) is 10.6 Å².